The first-order valence-electron chi connectivity index (χ1n) is 10.6. The number of amides is 1. The summed E-state index contributed by atoms with van der Waals surface area (Å²) in [4.78, 5) is 19.5. The molecule has 0 atom stereocenters. The first-order chi connectivity index (χ1) is 15.7. The van der Waals surface area contributed by atoms with E-state index in [4.69, 9.17) is 9.47 Å². The quantitative estimate of drug-likeness (QED) is 0.384. The second-order valence-electron chi connectivity index (χ2n) is 7.63. The summed E-state index contributed by atoms with van der Waals surface area (Å²) in [5, 5.41) is 2.18. The molecule has 0 saturated carbocycles. The number of hydrogen-bond acceptors (Lipinski definition) is 4. The number of carbonyl (C=O) groups excluding carboxylic acids is 1. The van der Waals surface area contributed by atoms with E-state index in [0.717, 1.165) is 29.3 Å². The Bertz CT molecular complexity index is 1190. The molecule has 1 aromatic heterocycles. The van der Waals surface area contributed by atoms with Gasteiger partial charge in [-0.3, -0.25) is 4.79 Å². The summed E-state index contributed by atoms with van der Waals surface area (Å²) in [7, 11) is 3.23. The van der Waals surface area contributed by atoms with Gasteiger partial charge in [0, 0.05) is 37.6 Å². The fourth-order valence-corrected chi connectivity index (χ4v) is 3.82. The molecule has 0 aliphatic heterocycles. The van der Waals surface area contributed by atoms with Gasteiger partial charge in [0.1, 0.15) is 0 Å². The largest absolute Gasteiger partial charge is 0.493 e. The van der Waals surface area contributed by atoms with Crippen molar-refractivity contribution in [3.05, 3.63) is 90.5 Å². The molecule has 0 bridgehead atoms. The van der Waals surface area contributed by atoms with Gasteiger partial charge in [0.25, 0.3) is 5.91 Å². The molecule has 6 nitrogen and oxygen atoms in total. The van der Waals surface area contributed by atoms with Crippen LogP contribution in [0.25, 0.3) is 10.8 Å². The molecule has 0 radical (unpaired) electrons. The standard InChI is InChI=1S/C26H27N3O3/c1-31-24-11-8-20(16-25(24)32-2)18-29(14-5-13-28-15-12-27-19-28)26(30)23-10-9-21-6-3-4-7-22(21)17-23/h3-4,6-12,15-17,19H,5,13-14,18H2,1-2H3. The number of benzene rings is 3. The van der Waals surface area contributed by atoms with Crippen LogP contribution in [0.1, 0.15) is 22.3 Å². The van der Waals surface area contributed by atoms with E-state index in [0.29, 0.717) is 30.2 Å². The van der Waals surface area contributed by atoms with Crippen LogP contribution in [0.3, 0.4) is 0 Å². The van der Waals surface area contributed by atoms with Crippen LogP contribution in [0.4, 0.5) is 0 Å². The number of aryl methyl sites for hydroxylation is 1. The lowest BCUT2D eigenvalue weighted by molar-refractivity contribution is 0.0739. The molecular formula is C26H27N3O3. The Morgan fingerprint density at radius 2 is 1.78 bits per heavy atom. The molecule has 0 spiro atoms. The Morgan fingerprint density at radius 3 is 2.53 bits per heavy atom. The minimum Gasteiger partial charge on any atom is -0.493 e. The van der Waals surface area contributed by atoms with Gasteiger partial charge in [-0.1, -0.05) is 36.4 Å². The molecule has 3 aromatic carbocycles. The number of methoxy groups -OCH3 is 2. The fourth-order valence-electron chi connectivity index (χ4n) is 3.82. The van der Waals surface area contributed by atoms with Crippen molar-refractivity contribution in [3.63, 3.8) is 0 Å². The zero-order valence-electron chi connectivity index (χ0n) is 18.4. The van der Waals surface area contributed by atoms with Gasteiger partial charge >= 0.3 is 0 Å². The van der Waals surface area contributed by atoms with Crippen LogP contribution >= 0.6 is 0 Å². The van der Waals surface area contributed by atoms with Crippen molar-refractivity contribution in [2.24, 2.45) is 0 Å². The average Bonchev–Trinajstić information content (AvgIpc) is 3.36. The number of imidazole rings is 1. The first kappa shape index (κ1) is 21.4. The minimum atomic E-state index is 0.0103. The van der Waals surface area contributed by atoms with E-state index < -0.39 is 0 Å². The van der Waals surface area contributed by atoms with E-state index >= 15 is 0 Å². The number of rotatable bonds is 9. The van der Waals surface area contributed by atoms with Gasteiger partial charge in [-0.05, 0) is 47.0 Å². The third kappa shape index (κ3) is 4.91. The molecule has 32 heavy (non-hydrogen) atoms. The average molecular weight is 430 g/mol. The molecule has 0 N–H and O–H groups in total. The lowest BCUT2D eigenvalue weighted by Crippen LogP contribution is -2.32. The van der Waals surface area contributed by atoms with Crippen molar-refractivity contribution < 1.29 is 14.3 Å². The van der Waals surface area contributed by atoms with Gasteiger partial charge in [-0.2, -0.15) is 0 Å². The predicted molar refractivity (Wildman–Crippen MR) is 125 cm³/mol. The van der Waals surface area contributed by atoms with Crippen molar-refractivity contribution in [1.29, 1.82) is 0 Å². The topological polar surface area (TPSA) is 56.6 Å². The van der Waals surface area contributed by atoms with Crippen molar-refractivity contribution in [3.8, 4) is 11.5 Å². The number of ether oxygens (including phenoxy) is 2. The van der Waals surface area contributed by atoms with Crippen LogP contribution in [0.5, 0.6) is 11.5 Å². The van der Waals surface area contributed by atoms with E-state index in [1.165, 1.54) is 0 Å². The van der Waals surface area contributed by atoms with Gasteiger partial charge in [0.15, 0.2) is 11.5 Å². The monoisotopic (exact) mass is 429 g/mol. The highest BCUT2D eigenvalue weighted by atomic mass is 16.5. The highest BCUT2D eigenvalue weighted by Crippen LogP contribution is 2.28. The van der Waals surface area contributed by atoms with E-state index in [2.05, 4.69) is 11.1 Å². The normalized spacial score (nSPS) is 10.8. The molecular weight excluding hydrogens is 402 g/mol. The van der Waals surface area contributed by atoms with Crippen LogP contribution in [0, 0.1) is 0 Å². The van der Waals surface area contributed by atoms with Gasteiger partial charge in [0.2, 0.25) is 0 Å². The van der Waals surface area contributed by atoms with Crippen LogP contribution in [0.2, 0.25) is 0 Å². The molecule has 4 rings (SSSR count). The van der Waals surface area contributed by atoms with Crippen molar-refractivity contribution in [1.82, 2.24) is 14.5 Å². The molecule has 0 aliphatic carbocycles. The molecule has 0 aliphatic rings. The molecule has 6 heteroatoms. The van der Waals surface area contributed by atoms with Gasteiger partial charge in [-0.15, -0.1) is 0 Å². The SMILES string of the molecule is COc1ccc(CN(CCCn2ccnc2)C(=O)c2ccc3ccccc3c2)cc1OC. The van der Waals surface area contributed by atoms with Gasteiger partial charge < -0.3 is 18.9 Å². The summed E-state index contributed by atoms with van der Waals surface area (Å²) in [5.74, 6) is 1.33. The highest BCUT2D eigenvalue weighted by molar-refractivity contribution is 5.98. The molecule has 0 saturated heterocycles. The maximum Gasteiger partial charge on any atom is 0.254 e. The number of carbonyl (C=O) groups is 1. The van der Waals surface area contributed by atoms with Crippen molar-refractivity contribution >= 4 is 16.7 Å². The van der Waals surface area contributed by atoms with E-state index in [9.17, 15) is 4.79 Å². The van der Waals surface area contributed by atoms with Crippen LogP contribution in [-0.2, 0) is 13.1 Å². The maximum atomic E-state index is 13.5. The lowest BCUT2D eigenvalue weighted by atomic mass is 10.1. The molecule has 0 fully saturated rings. The molecule has 1 amide bonds. The van der Waals surface area contributed by atoms with Crippen LogP contribution < -0.4 is 9.47 Å². The van der Waals surface area contributed by atoms with Crippen LogP contribution in [0.15, 0.2) is 79.4 Å². The molecule has 4 aromatic rings. The maximum absolute atomic E-state index is 13.5. The third-order valence-electron chi connectivity index (χ3n) is 5.51. The molecule has 0 unspecified atom stereocenters. The zero-order valence-corrected chi connectivity index (χ0v) is 18.4. The summed E-state index contributed by atoms with van der Waals surface area (Å²) in [6.45, 7) is 1.90. The Labute approximate surface area is 188 Å². The smallest absolute Gasteiger partial charge is 0.254 e. The zero-order chi connectivity index (χ0) is 22.3. The summed E-state index contributed by atoms with van der Waals surface area (Å²) in [6, 6.07) is 19.7. The fraction of sp³-hybridized carbons (Fsp3) is 0.231. The second-order valence-corrected chi connectivity index (χ2v) is 7.63. The number of fused-ring (bicyclic) bond motifs is 1. The first-order valence-corrected chi connectivity index (χ1v) is 10.6. The summed E-state index contributed by atoms with van der Waals surface area (Å²) in [6.07, 6.45) is 6.32. The van der Waals surface area contributed by atoms with Gasteiger partial charge in [0.05, 0.1) is 20.5 Å². The van der Waals surface area contributed by atoms with Crippen molar-refractivity contribution in [2.75, 3.05) is 20.8 Å². The van der Waals surface area contributed by atoms with E-state index in [1.54, 1.807) is 26.7 Å². The predicted octanol–water partition coefficient (Wildman–Crippen LogP) is 4.79. The van der Waals surface area contributed by atoms with E-state index in [-0.39, 0.29) is 5.91 Å². The number of nitrogens with zero attached hydrogens (tertiary/aromatic N) is 3. The Kier molecular flexibility index (Phi) is 6.70. The molecule has 1 heterocycles. The van der Waals surface area contributed by atoms with Crippen molar-refractivity contribution in [2.45, 2.75) is 19.5 Å². The number of aromatic nitrogens is 2. The van der Waals surface area contributed by atoms with E-state index in [1.807, 2.05) is 70.3 Å². The Hall–Kier alpha value is -3.80. The minimum absolute atomic E-state index is 0.0103. The highest BCUT2D eigenvalue weighted by Gasteiger charge is 2.17. The number of hydrogen-bond donors (Lipinski definition) is 0. The summed E-state index contributed by atoms with van der Waals surface area (Å²) >= 11 is 0. The third-order valence-corrected chi connectivity index (χ3v) is 5.51. The second kappa shape index (κ2) is 10.0. The van der Waals surface area contributed by atoms with Crippen LogP contribution in [-0.4, -0.2) is 41.1 Å². The molecule has 164 valence electrons. The lowest BCUT2D eigenvalue weighted by Gasteiger charge is -2.24. The van der Waals surface area contributed by atoms with Gasteiger partial charge in [-0.25, -0.2) is 4.98 Å². The Balaban J connectivity index is 1.57. The Morgan fingerprint density at radius 1 is 0.969 bits per heavy atom. The summed E-state index contributed by atoms with van der Waals surface area (Å²) in [5.41, 5.74) is 1.67. The summed E-state index contributed by atoms with van der Waals surface area (Å²) < 4.78 is 12.8.